The zero-order valence-corrected chi connectivity index (χ0v) is 12.5. The lowest BCUT2D eigenvalue weighted by Gasteiger charge is -2.22. The van der Waals surface area contributed by atoms with E-state index in [2.05, 4.69) is 15.9 Å². The van der Waals surface area contributed by atoms with Crippen molar-refractivity contribution >= 4 is 15.9 Å². The number of methoxy groups -OCH3 is 3. The van der Waals surface area contributed by atoms with Gasteiger partial charge in [-0.3, -0.25) is 0 Å². The van der Waals surface area contributed by atoms with Crippen LogP contribution in [-0.4, -0.2) is 27.9 Å². The van der Waals surface area contributed by atoms with Crippen LogP contribution in [0.3, 0.4) is 0 Å². The molecule has 0 atom stereocenters. The Labute approximate surface area is 116 Å². The van der Waals surface area contributed by atoms with Crippen LogP contribution in [0.5, 0.6) is 17.2 Å². The molecular formula is C13H18BrNO3. The van der Waals surface area contributed by atoms with E-state index in [9.17, 15) is 0 Å². The van der Waals surface area contributed by atoms with Crippen molar-refractivity contribution in [2.24, 2.45) is 5.73 Å². The highest BCUT2D eigenvalue weighted by atomic mass is 79.9. The zero-order chi connectivity index (χ0) is 13.3. The fraction of sp³-hybridized carbons (Fsp3) is 0.538. The summed E-state index contributed by atoms with van der Waals surface area (Å²) in [4.78, 5) is 0. The first-order valence-electron chi connectivity index (χ1n) is 5.82. The van der Waals surface area contributed by atoms with Crippen LogP contribution in [0, 0.1) is 0 Å². The Kier molecular flexibility index (Phi) is 3.73. The molecule has 1 aliphatic carbocycles. The molecule has 2 N–H and O–H groups in total. The Morgan fingerprint density at radius 2 is 1.78 bits per heavy atom. The minimum atomic E-state index is 0.0176. The van der Waals surface area contributed by atoms with Gasteiger partial charge >= 0.3 is 0 Å². The summed E-state index contributed by atoms with van der Waals surface area (Å²) in [5.74, 6) is 1.99. The van der Waals surface area contributed by atoms with Crippen LogP contribution in [0.15, 0.2) is 10.5 Å². The topological polar surface area (TPSA) is 53.7 Å². The third kappa shape index (κ3) is 1.95. The number of ether oxygens (including phenoxy) is 3. The summed E-state index contributed by atoms with van der Waals surface area (Å²) in [5, 5.41) is 0. The smallest absolute Gasteiger partial charge is 0.203 e. The molecule has 0 aromatic heterocycles. The van der Waals surface area contributed by atoms with Gasteiger partial charge in [-0.15, -0.1) is 0 Å². The number of benzene rings is 1. The Balaban J connectivity index is 2.65. The fourth-order valence-electron chi connectivity index (χ4n) is 2.33. The van der Waals surface area contributed by atoms with Gasteiger partial charge in [-0.05, 0) is 18.9 Å². The molecule has 1 aromatic carbocycles. The Hall–Kier alpha value is -0.940. The quantitative estimate of drug-likeness (QED) is 0.907. The maximum absolute atomic E-state index is 5.91. The van der Waals surface area contributed by atoms with Gasteiger partial charge in [0, 0.05) is 22.0 Å². The average molecular weight is 316 g/mol. The van der Waals surface area contributed by atoms with Crippen LogP contribution < -0.4 is 19.9 Å². The summed E-state index contributed by atoms with van der Waals surface area (Å²) in [5.41, 5.74) is 7.01. The minimum Gasteiger partial charge on any atom is -0.493 e. The van der Waals surface area contributed by atoms with E-state index in [1.807, 2.05) is 6.07 Å². The van der Waals surface area contributed by atoms with Gasteiger partial charge in [0.25, 0.3) is 0 Å². The van der Waals surface area contributed by atoms with Crippen molar-refractivity contribution in [3.63, 3.8) is 0 Å². The van der Waals surface area contributed by atoms with E-state index in [4.69, 9.17) is 19.9 Å². The van der Waals surface area contributed by atoms with Crippen molar-refractivity contribution in [2.45, 2.75) is 18.3 Å². The Bertz CT molecular complexity index is 458. The summed E-state index contributed by atoms with van der Waals surface area (Å²) in [7, 11) is 4.86. The number of nitrogens with two attached hydrogens (primary N) is 1. The molecule has 1 fully saturated rings. The molecule has 0 unspecified atom stereocenters. The van der Waals surface area contributed by atoms with Gasteiger partial charge in [0.15, 0.2) is 11.5 Å². The summed E-state index contributed by atoms with van der Waals surface area (Å²) in [6.07, 6.45) is 2.15. The first kappa shape index (κ1) is 13.5. The normalized spacial score (nSPS) is 16.3. The molecule has 0 heterocycles. The van der Waals surface area contributed by atoms with Gasteiger partial charge < -0.3 is 19.9 Å². The van der Waals surface area contributed by atoms with E-state index in [1.165, 1.54) is 0 Å². The third-order valence-corrected chi connectivity index (χ3v) is 4.18. The molecule has 18 heavy (non-hydrogen) atoms. The lowest BCUT2D eigenvalue weighted by atomic mass is 9.94. The summed E-state index contributed by atoms with van der Waals surface area (Å²) in [6.45, 7) is 0.609. The second-order valence-corrected chi connectivity index (χ2v) is 5.34. The number of halogens is 1. The average Bonchev–Trinajstić information content (AvgIpc) is 3.17. The Morgan fingerprint density at radius 3 is 2.17 bits per heavy atom. The highest BCUT2D eigenvalue weighted by molar-refractivity contribution is 9.10. The first-order chi connectivity index (χ1) is 8.63. The van der Waals surface area contributed by atoms with Crippen LogP contribution in [0.2, 0.25) is 0 Å². The van der Waals surface area contributed by atoms with Crippen LogP contribution in [0.1, 0.15) is 18.4 Å². The number of hydrogen-bond donors (Lipinski definition) is 1. The van der Waals surface area contributed by atoms with Crippen LogP contribution in [-0.2, 0) is 5.41 Å². The predicted octanol–water partition coefficient (Wildman–Crippen LogP) is 2.47. The SMILES string of the molecule is COc1cc(Br)c(C2(CN)CC2)c(OC)c1OC. The van der Waals surface area contributed by atoms with Gasteiger partial charge in [-0.2, -0.15) is 0 Å². The van der Waals surface area contributed by atoms with Gasteiger partial charge in [-0.25, -0.2) is 0 Å². The molecule has 5 heteroatoms. The van der Waals surface area contributed by atoms with Crippen molar-refractivity contribution in [3.05, 3.63) is 16.1 Å². The second kappa shape index (κ2) is 4.97. The minimum absolute atomic E-state index is 0.0176. The van der Waals surface area contributed by atoms with Crippen molar-refractivity contribution in [3.8, 4) is 17.2 Å². The van der Waals surface area contributed by atoms with E-state index >= 15 is 0 Å². The molecule has 1 aliphatic rings. The van der Waals surface area contributed by atoms with Crippen LogP contribution in [0.25, 0.3) is 0 Å². The molecule has 0 radical (unpaired) electrons. The molecule has 0 amide bonds. The summed E-state index contributed by atoms with van der Waals surface area (Å²) >= 11 is 3.59. The molecule has 4 nitrogen and oxygen atoms in total. The fourth-order valence-corrected chi connectivity index (χ4v) is 3.14. The highest BCUT2D eigenvalue weighted by Gasteiger charge is 2.47. The summed E-state index contributed by atoms with van der Waals surface area (Å²) in [6, 6.07) is 1.91. The van der Waals surface area contributed by atoms with Crippen molar-refractivity contribution < 1.29 is 14.2 Å². The summed E-state index contributed by atoms with van der Waals surface area (Å²) < 4.78 is 17.2. The highest BCUT2D eigenvalue weighted by Crippen LogP contribution is 2.57. The lowest BCUT2D eigenvalue weighted by Crippen LogP contribution is -2.21. The number of rotatable bonds is 5. The molecular weight excluding hydrogens is 298 g/mol. The second-order valence-electron chi connectivity index (χ2n) is 4.49. The zero-order valence-electron chi connectivity index (χ0n) is 10.9. The van der Waals surface area contributed by atoms with E-state index in [0.29, 0.717) is 23.8 Å². The monoisotopic (exact) mass is 315 g/mol. The standard InChI is InChI=1S/C13H18BrNO3/c1-16-9-6-8(14)10(13(7-15)4-5-13)12(18-3)11(9)17-2/h6H,4-5,7,15H2,1-3H3. The van der Waals surface area contributed by atoms with E-state index in [1.54, 1.807) is 21.3 Å². The van der Waals surface area contributed by atoms with Gasteiger partial charge in [0.2, 0.25) is 5.75 Å². The van der Waals surface area contributed by atoms with Crippen LogP contribution in [0.4, 0.5) is 0 Å². The first-order valence-corrected chi connectivity index (χ1v) is 6.62. The molecule has 0 bridgehead atoms. The van der Waals surface area contributed by atoms with Gasteiger partial charge in [-0.1, -0.05) is 15.9 Å². The lowest BCUT2D eigenvalue weighted by molar-refractivity contribution is 0.319. The maximum atomic E-state index is 5.91. The maximum Gasteiger partial charge on any atom is 0.203 e. The molecule has 1 aromatic rings. The van der Waals surface area contributed by atoms with Crippen molar-refractivity contribution in [1.29, 1.82) is 0 Å². The van der Waals surface area contributed by atoms with Crippen molar-refractivity contribution in [2.75, 3.05) is 27.9 Å². The van der Waals surface area contributed by atoms with Gasteiger partial charge in [0.1, 0.15) is 0 Å². The van der Waals surface area contributed by atoms with Crippen LogP contribution >= 0.6 is 15.9 Å². The molecule has 2 rings (SSSR count). The van der Waals surface area contributed by atoms with Gasteiger partial charge in [0.05, 0.1) is 21.3 Å². The van der Waals surface area contributed by atoms with E-state index in [-0.39, 0.29) is 5.41 Å². The molecule has 1 saturated carbocycles. The molecule has 100 valence electrons. The van der Waals surface area contributed by atoms with Crippen molar-refractivity contribution in [1.82, 2.24) is 0 Å². The third-order valence-electron chi connectivity index (χ3n) is 3.56. The molecule has 0 saturated heterocycles. The molecule has 0 spiro atoms. The largest absolute Gasteiger partial charge is 0.493 e. The Morgan fingerprint density at radius 1 is 1.17 bits per heavy atom. The van der Waals surface area contributed by atoms with E-state index in [0.717, 1.165) is 22.9 Å². The predicted molar refractivity (Wildman–Crippen MR) is 73.8 cm³/mol. The molecule has 0 aliphatic heterocycles. The number of hydrogen-bond acceptors (Lipinski definition) is 4. The van der Waals surface area contributed by atoms with E-state index < -0.39 is 0 Å².